The Morgan fingerprint density at radius 2 is 1.88 bits per heavy atom. The van der Waals surface area contributed by atoms with E-state index in [4.69, 9.17) is 9.72 Å². The number of hydrogen-bond acceptors (Lipinski definition) is 7. The fraction of sp³-hybridized carbons (Fsp3) is 0.344. The molecule has 10 heteroatoms. The molecule has 6 rings (SSSR count). The van der Waals surface area contributed by atoms with Gasteiger partial charge in [0, 0.05) is 55.3 Å². The van der Waals surface area contributed by atoms with Crippen LogP contribution >= 0.6 is 0 Å². The maximum atomic E-state index is 12.9. The van der Waals surface area contributed by atoms with Crippen LogP contribution in [0.1, 0.15) is 44.1 Å². The maximum absolute atomic E-state index is 12.9. The topological polar surface area (TPSA) is 121 Å². The van der Waals surface area contributed by atoms with Gasteiger partial charge >= 0.3 is 6.09 Å². The molecule has 2 fully saturated rings. The molecule has 0 saturated carbocycles. The molecule has 1 atom stereocenters. The van der Waals surface area contributed by atoms with Crippen molar-refractivity contribution in [2.75, 3.05) is 29.9 Å². The number of aryl methyl sites for hydroxylation is 1. The molecule has 0 aliphatic carbocycles. The van der Waals surface area contributed by atoms with Gasteiger partial charge < -0.3 is 25.0 Å². The van der Waals surface area contributed by atoms with Gasteiger partial charge in [-0.25, -0.2) is 19.7 Å². The van der Waals surface area contributed by atoms with Crippen molar-refractivity contribution in [2.45, 2.75) is 51.5 Å². The van der Waals surface area contributed by atoms with Gasteiger partial charge in [-0.2, -0.15) is 0 Å². The van der Waals surface area contributed by atoms with Crippen LogP contribution in [0.15, 0.2) is 60.9 Å². The molecule has 0 spiro atoms. The molecular formula is C32H34N6O4. The van der Waals surface area contributed by atoms with Crippen molar-refractivity contribution in [1.29, 1.82) is 0 Å². The third-order valence-electron chi connectivity index (χ3n) is 7.98. The number of ether oxygens (including phenoxy) is 1. The average Bonchev–Trinajstić information content (AvgIpc) is 3.22. The summed E-state index contributed by atoms with van der Waals surface area (Å²) >= 11 is 0. The fourth-order valence-corrected chi connectivity index (χ4v) is 5.82. The first kappa shape index (κ1) is 27.4. The van der Waals surface area contributed by atoms with Crippen LogP contribution in [0.25, 0.3) is 22.0 Å². The molecule has 216 valence electrons. The lowest BCUT2D eigenvalue weighted by atomic mass is 10.0. The van der Waals surface area contributed by atoms with Crippen LogP contribution in [0.4, 0.5) is 16.4 Å². The number of rotatable bonds is 6. The number of amides is 2. The number of carboxylic acid groups (broad SMARTS) is 1. The van der Waals surface area contributed by atoms with Gasteiger partial charge in [-0.3, -0.25) is 4.79 Å². The molecule has 1 unspecified atom stereocenters. The van der Waals surface area contributed by atoms with Crippen molar-refractivity contribution in [3.8, 4) is 22.9 Å². The zero-order chi connectivity index (χ0) is 29.1. The van der Waals surface area contributed by atoms with Crippen molar-refractivity contribution < 1.29 is 19.4 Å². The molecule has 2 aliphatic heterocycles. The SMILES string of the molecule is Cc1ccc2c(N3CCCCCC3=O)cccc2c1Oc1ncccc1-c1ccnc(NC2CCCN(C(=O)O)C2)n1. The second-order valence-corrected chi connectivity index (χ2v) is 10.9. The summed E-state index contributed by atoms with van der Waals surface area (Å²) in [5.74, 6) is 1.67. The van der Waals surface area contributed by atoms with E-state index in [9.17, 15) is 14.7 Å². The first-order valence-electron chi connectivity index (χ1n) is 14.5. The van der Waals surface area contributed by atoms with Gasteiger partial charge in [-0.1, -0.05) is 30.7 Å². The summed E-state index contributed by atoms with van der Waals surface area (Å²) < 4.78 is 6.56. The Balaban J connectivity index is 1.31. The Kier molecular flexibility index (Phi) is 7.85. The van der Waals surface area contributed by atoms with Crippen LogP contribution in [-0.2, 0) is 4.79 Å². The minimum atomic E-state index is -0.915. The van der Waals surface area contributed by atoms with E-state index in [0.717, 1.165) is 54.1 Å². The molecule has 2 saturated heterocycles. The third kappa shape index (κ3) is 5.70. The number of carbonyl (C=O) groups excluding carboxylic acids is 1. The van der Waals surface area contributed by atoms with Crippen molar-refractivity contribution in [2.24, 2.45) is 0 Å². The van der Waals surface area contributed by atoms with Crippen LogP contribution in [-0.4, -0.2) is 62.6 Å². The lowest BCUT2D eigenvalue weighted by Gasteiger charge is -2.31. The monoisotopic (exact) mass is 566 g/mol. The number of nitrogens with zero attached hydrogens (tertiary/aromatic N) is 5. The zero-order valence-electron chi connectivity index (χ0n) is 23.6. The number of anilines is 2. The standard InChI is InChI=1S/C32H34N6O4/c1-21-13-14-23-24(9-5-11-27(23)38-19-4-2-3-12-28(38)39)29(21)42-30-25(10-6-16-33-30)26-15-17-34-31(36-26)35-22-8-7-18-37(20-22)32(40)41/h5-6,9-11,13-17,22H,2-4,7-8,12,18-20H2,1H3,(H,40,41)(H,34,35,36). The molecule has 2 aromatic carbocycles. The molecule has 42 heavy (non-hydrogen) atoms. The number of hydrogen-bond donors (Lipinski definition) is 2. The minimum absolute atomic E-state index is 0.0710. The molecule has 0 radical (unpaired) electrons. The van der Waals surface area contributed by atoms with Gasteiger partial charge in [0.1, 0.15) is 5.75 Å². The predicted octanol–water partition coefficient (Wildman–Crippen LogP) is 6.25. The Morgan fingerprint density at radius 3 is 2.76 bits per heavy atom. The second-order valence-electron chi connectivity index (χ2n) is 10.9. The number of nitrogens with one attached hydrogen (secondary N) is 1. The molecular weight excluding hydrogens is 532 g/mol. The first-order chi connectivity index (χ1) is 20.5. The highest BCUT2D eigenvalue weighted by atomic mass is 16.5. The summed E-state index contributed by atoms with van der Waals surface area (Å²) in [6.45, 7) is 3.63. The van der Waals surface area contributed by atoms with Crippen LogP contribution in [0.3, 0.4) is 0 Å². The van der Waals surface area contributed by atoms with Gasteiger partial charge in [-0.15, -0.1) is 0 Å². The molecule has 0 bridgehead atoms. The number of likely N-dealkylation sites (tertiary alicyclic amines) is 1. The predicted molar refractivity (Wildman–Crippen MR) is 161 cm³/mol. The van der Waals surface area contributed by atoms with Gasteiger partial charge in [-0.05, 0) is 62.4 Å². The largest absolute Gasteiger partial charge is 0.465 e. The Morgan fingerprint density at radius 1 is 0.976 bits per heavy atom. The van der Waals surface area contributed by atoms with Gasteiger partial charge in [0.15, 0.2) is 0 Å². The molecule has 2 N–H and O–H groups in total. The van der Waals surface area contributed by atoms with Gasteiger partial charge in [0.25, 0.3) is 0 Å². The Labute approximate surface area is 244 Å². The summed E-state index contributed by atoms with van der Waals surface area (Å²) in [6.07, 6.45) is 7.60. The number of carbonyl (C=O) groups is 2. The molecule has 2 aromatic heterocycles. The fourth-order valence-electron chi connectivity index (χ4n) is 5.82. The number of fused-ring (bicyclic) bond motifs is 1. The average molecular weight is 567 g/mol. The maximum Gasteiger partial charge on any atom is 0.407 e. The van der Waals surface area contributed by atoms with E-state index >= 15 is 0 Å². The summed E-state index contributed by atoms with van der Waals surface area (Å²) in [4.78, 5) is 41.4. The van der Waals surface area contributed by atoms with Gasteiger partial charge in [0.2, 0.25) is 17.7 Å². The van der Waals surface area contributed by atoms with E-state index in [0.29, 0.717) is 54.9 Å². The van der Waals surface area contributed by atoms with Crippen molar-refractivity contribution in [3.05, 3.63) is 66.5 Å². The highest BCUT2D eigenvalue weighted by Gasteiger charge is 2.25. The van der Waals surface area contributed by atoms with E-state index in [2.05, 4.69) is 21.4 Å². The van der Waals surface area contributed by atoms with Crippen molar-refractivity contribution >= 4 is 34.4 Å². The highest BCUT2D eigenvalue weighted by Crippen LogP contribution is 2.40. The molecule has 2 amide bonds. The van der Waals surface area contributed by atoms with E-state index in [-0.39, 0.29) is 11.9 Å². The third-order valence-corrected chi connectivity index (χ3v) is 7.98. The second kappa shape index (κ2) is 12.0. The van der Waals surface area contributed by atoms with Crippen molar-refractivity contribution in [1.82, 2.24) is 19.9 Å². The van der Waals surface area contributed by atoms with E-state index in [1.165, 1.54) is 4.90 Å². The summed E-state index contributed by atoms with van der Waals surface area (Å²) in [7, 11) is 0. The molecule has 2 aliphatic rings. The summed E-state index contributed by atoms with van der Waals surface area (Å²) in [6, 6.07) is 15.5. The normalized spacial score (nSPS) is 17.6. The number of aromatic nitrogens is 3. The number of pyridine rings is 1. The van der Waals surface area contributed by atoms with E-state index < -0.39 is 6.09 Å². The van der Waals surface area contributed by atoms with Crippen LogP contribution in [0, 0.1) is 6.92 Å². The van der Waals surface area contributed by atoms with E-state index in [1.807, 2.05) is 48.2 Å². The number of piperidine rings is 1. The lowest BCUT2D eigenvalue weighted by Crippen LogP contribution is -2.44. The smallest absolute Gasteiger partial charge is 0.407 e. The van der Waals surface area contributed by atoms with Gasteiger partial charge in [0.05, 0.1) is 16.9 Å². The molecule has 4 heterocycles. The molecule has 10 nitrogen and oxygen atoms in total. The number of benzene rings is 2. The van der Waals surface area contributed by atoms with Crippen molar-refractivity contribution in [3.63, 3.8) is 0 Å². The van der Waals surface area contributed by atoms with Crippen LogP contribution in [0.5, 0.6) is 11.6 Å². The summed E-state index contributed by atoms with van der Waals surface area (Å²) in [5, 5.41) is 14.6. The van der Waals surface area contributed by atoms with E-state index in [1.54, 1.807) is 18.5 Å². The minimum Gasteiger partial charge on any atom is -0.465 e. The first-order valence-corrected chi connectivity index (χ1v) is 14.5. The molecule has 4 aromatic rings. The van der Waals surface area contributed by atoms with Crippen LogP contribution < -0.4 is 15.0 Å². The quantitative estimate of drug-likeness (QED) is 0.281. The Hall–Kier alpha value is -4.73. The highest BCUT2D eigenvalue weighted by molar-refractivity contribution is 6.06. The Bertz CT molecular complexity index is 1630. The summed E-state index contributed by atoms with van der Waals surface area (Å²) in [5.41, 5.74) is 3.19. The lowest BCUT2D eigenvalue weighted by molar-refractivity contribution is -0.118. The van der Waals surface area contributed by atoms with Crippen LogP contribution in [0.2, 0.25) is 0 Å². The zero-order valence-corrected chi connectivity index (χ0v) is 23.6.